The lowest BCUT2D eigenvalue weighted by atomic mass is 9.75. The third-order valence-corrected chi connectivity index (χ3v) is 4.08. The molecule has 0 atom stereocenters. The van der Waals surface area contributed by atoms with E-state index in [-0.39, 0.29) is 5.54 Å². The molecule has 2 rings (SSSR count). The van der Waals surface area contributed by atoms with Crippen LogP contribution in [0.4, 0.5) is 0 Å². The maximum atomic E-state index is 9.40. The van der Waals surface area contributed by atoms with Gasteiger partial charge in [-0.3, -0.25) is 0 Å². The molecule has 0 aromatic carbocycles. The molecule has 0 aromatic heterocycles. The summed E-state index contributed by atoms with van der Waals surface area (Å²) in [6, 6.07) is 0. The van der Waals surface area contributed by atoms with Gasteiger partial charge in [0.2, 0.25) is 0 Å². The maximum Gasteiger partial charge on any atom is 0.0613 e. The Kier molecular flexibility index (Phi) is 2.37. The minimum Gasteiger partial charge on any atom is -0.394 e. The SMILES string of the molecule is CCNC1(CO)CCC2(CC2)CC1. The Morgan fingerprint density at radius 3 is 2.00 bits per heavy atom. The van der Waals surface area contributed by atoms with Crippen LogP contribution in [0.3, 0.4) is 0 Å². The van der Waals surface area contributed by atoms with Gasteiger partial charge < -0.3 is 10.4 Å². The van der Waals surface area contributed by atoms with Crippen molar-refractivity contribution in [2.75, 3.05) is 13.2 Å². The Labute approximate surface area is 80.7 Å². The zero-order valence-corrected chi connectivity index (χ0v) is 8.60. The summed E-state index contributed by atoms with van der Waals surface area (Å²) in [5.41, 5.74) is 0.802. The first-order valence-corrected chi connectivity index (χ1v) is 5.60. The van der Waals surface area contributed by atoms with E-state index < -0.39 is 0 Å². The minimum atomic E-state index is 0.0720. The molecule has 0 saturated heterocycles. The van der Waals surface area contributed by atoms with Gasteiger partial charge in [0, 0.05) is 5.54 Å². The molecule has 2 N–H and O–H groups in total. The largest absolute Gasteiger partial charge is 0.394 e. The molecule has 0 heterocycles. The van der Waals surface area contributed by atoms with Crippen LogP contribution in [0.25, 0.3) is 0 Å². The van der Waals surface area contributed by atoms with Crippen molar-refractivity contribution in [2.45, 2.75) is 51.0 Å². The maximum absolute atomic E-state index is 9.40. The van der Waals surface area contributed by atoms with Crippen molar-refractivity contribution >= 4 is 0 Å². The van der Waals surface area contributed by atoms with Crippen molar-refractivity contribution in [1.82, 2.24) is 5.32 Å². The molecule has 2 heteroatoms. The van der Waals surface area contributed by atoms with Crippen LogP contribution in [-0.4, -0.2) is 23.8 Å². The second kappa shape index (κ2) is 3.25. The molecule has 0 aliphatic heterocycles. The zero-order chi connectivity index (χ0) is 9.36. The highest BCUT2D eigenvalue weighted by atomic mass is 16.3. The first-order valence-electron chi connectivity index (χ1n) is 5.60. The van der Waals surface area contributed by atoms with Crippen molar-refractivity contribution in [3.8, 4) is 0 Å². The van der Waals surface area contributed by atoms with E-state index in [1.165, 1.54) is 38.5 Å². The van der Waals surface area contributed by atoms with Gasteiger partial charge >= 0.3 is 0 Å². The van der Waals surface area contributed by atoms with Gasteiger partial charge in [-0.1, -0.05) is 6.92 Å². The fourth-order valence-corrected chi connectivity index (χ4v) is 2.70. The molecule has 0 radical (unpaired) electrons. The quantitative estimate of drug-likeness (QED) is 0.697. The van der Waals surface area contributed by atoms with E-state index >= 15 is 0 Å². The molecule has 0 bridgehead atoms. The number of likely N-dealkylation sites (N-methyl/N-ethyl adjacent to an activating group) is 1. The number of nitrogens with one attached hydrogen (secondary N) is 1. The molecule has 2 fully saturated rings. The Morgan fingerprint density at radius 2 is 1.62 bits per heavy atom. The number of rotatable bonds is 3. The predicted molar refractivity (Wildman–Crippen MR) is 53.6 cm³/mol. The van der Waals surface area contributed by atoms with Crippen LogP contribution in [0, 0.1) is 5.41 Å². The Morgan fingerprint density at radius 1 is 1.08 bits per heavy atom. The Hall–Kier alpha value is -0.0800. The fraction of sp³-hybridized carbons (Fsp3) is 1.00. The third kappa shape index (κ3) is 1.75. The van der Waals surface area contributed by atoms with Gasteiger partial charge in [-0.05, 0) is 50.5 Å². The first kappa shape index (κ1) is 9.47. The fourth-order valence-electron chi connectivity index (χ4n) is 2.70. The summed E-state index contributed by atoms with van der Waals surface area (Å²) < 4.78 is 0. The molecule has 2 aliphatic carbocycles. The first-order chi connectivity index (χ1) is 6.24. The van der Waals surface area contributed by atoms with Crippen LogP contribution in [0.2, 0.25) is 0 Å². The Bertz CT molecular complexity index is 177. The molecule has 13 heavy (non-hydrogen) atoms. The summed E-state index contributed by atoms with van der Waals surface area (Å²) in [7, 11) is 0. The molecule has 0 unspecified atom stereocenters. The van der Waals surface area contributed by atoms with Crippen LogP contribution >= 0.6 is 0 Å². The van der Waals surface area contributed by atoms with Crippen LogP contribution in [0.5, 0.6) is 0 Å². The van der Waals surface area contributed by atoms with Gasteiger partial charge in [0.05, 0.1) is 6.61 Å². The van der Waals surface area contributed by atoms with Gasteiger partial charge in [0.15, 0.2) is 0 Å². The molecule has 0 amide bonds. The molecule has 2 saturated carbocycles. The van der Waals surface area contributed by atoms with Crippen LogP contribution in [-0.2, 0) is 0 Å². The lowest BCUT2D eigenvalue weighted by Gasteiger charge is -2.40. The topological polar surface area (TPSA) is 32.3 Å². The van der Waals surface area contributed by atoms with E-state index in [0.29, 0.717) is 6.61 Å². The van der Waals surface area contributed by atoms with E-state index in [1.807, 2.05) is 0 Å². The highest BCUT2D eigenvalue weighted by Gasteiger charge is 2.48. The second-order valence-corrected chi connectivity index (χ2v) is 4.97. The third-order valence-electron chi connectivity index (χ3n) is 4.08. The van der Waals surface area contributed by atoms with E-state index in [9.17, 15) is 5.11 Å². The summed E-state index contributed by atoms with van der Waals surface area (Å²) in [5.74, 6) is 0. The van der Waals surface area contributed by atoms with Gasteiger partial charge in [-0.25, -0.2) is 0 Å². The summed E-state index contributed by atoms with van der Waals surface area (Å²) >= 11 is 0. The summed E-state index contributed by atoms with van der Waals surface area (Å²) in [6.45, 7) is 3.42. The average molecular weight is 183 g/mol. The highest BCUT2D eigenvalue weighted by Crippen LogP contribution is 2.57. The smallest absolute Gasteiger partial charge is 0.0613 e. The van der Waals surface area contributed by atoms with Gasteiger partial charge in [0.1, 0.15) is 0 Å². The molecule has 1 spiro atoms. The molecule has 76 valence electrons. The van der Waals surface area contributed by atoms with E-state index in [1.54, 1.807) is 0 Å². The zero-order valence-electron chi connectivity index (χ0n) is 8.60. The van der Waals surface area contributed by atoms with Gasteiger partial charge in [-0.15, -0.1) is 0 Å². The van der Waals surface area contributed by atoms with Crippen molar-refractivity contribution in [3.05, 3.63) is 0 Å². The minimum absolute atomic E-state index is 0.0720. The molecule has 2 nitrogen and oxygen atoms in total. The standard InChI is InChI=1S/C11H21NO/c1-2-12-11(9-13)7-5-10(3-4-10)6-8-11/h12-13H,2-9H2,1H3. The van der Waals surface area contributed by atoms with Gasteiger partial charge in [0.25, 0.3) is 0 Å². The van der Waals surface area contributed by atoms with Crippen molar-refractivity contribution in [3.63, 3.8) is 0 Å². The monoisotopic (exact) mass is 183 g/mol. The van der Waals surface area contributed by atoms with Gasteiger partial charge in [-0.2, -0.15) is 0 Å². The van der Waals surface area contributed by atoms with Crippen LogP contribution in [0.15, 0.2) is 0 Å². The second-order valence-electron chi connectivity index (χ2n) is 4.97. The lowest BCUT2D eigenvalue weighted by Crippen LogP contribution is -2.51. The van der Waals surface area contributed by atoms with Crippen LogP contribution in [0.1, 0.15) is 45.4 Å². The highest BCUT2D eigenvalue weighted by molar-refractivity contribution is 5.03. The predicted octanol–water partition coefficient (Wildman–Crippen LogP) is 1.68. The van der Waals surface area contributed by atoms with Crippen molar-refractivity contribution in [2.24, 2.45) is 5.41 Å². The summed E-state index contributed by atoms with van der Waals surface area (Å²) in [5, 5.41) is 12.9. The number of hydrogen-bond donors (Lipinski definition) is 2. The molecule has 2 aliphatic rings. The molecule has 0 aromatic rings. The van der Waals surface area contributed by atoms with E-state index in [0.717, 1.165) is 12.0 Å². The summed E-state index contributed by atoms with van der Waals surface area (Å²) in [6.07, 6.45) is 7.91. The molecular formula is C11H21NO. The normalized spacial score (nSPS) is 29.1. The molecular weight excluding hydrogens is 162 g/mol. The average Bonchev–Trinajstić information content (AvgIpc) is 2.91. The number of hydrogen-bond acceptors (Lipinski definition) is 2. The van der Waals surface area contributed by atoms with Crippen molar-refractivity contribution < 1.29 is 5.11 Å². The van der Waals surface area contributed by atoms with E-state index in [2.05, 4.69) is 12.2 Å². The Balaban J connectivity index is 1.92. The van der Waals surface area contributed by atoms with Crippen molar-refractivity contribution in [1.29, 1.82) is 0 Å². The number of aliphatic hydroxyl groups excluding tert-OH is 1. The summed E-state index contributed by atoms with van der Waals surface area (Å²) in [4.78, 5) is 0. The van der Waals surface area contributed by atoms with Crippen LogP contribution < -0.4 is 5.32 Å². The number of aliphatic hydroxyl groups is 1. The van der Waals surface area contributed by atoms with E-state index in [4.69, 9.17) is 0 Å². The lowest BCUT2D eigenvalue weighted by molar-refractivity contribution is 0.0981.